The predicted octanol–water partition coefficient (Wildman–Crippen LogP) is -0.606. The first kappa shape index (κ1) is 15.5. The molecule has 0 unspecified atom stereocenters. The van der Waals surface area contributed by atoms with Crippen molar-refractivity contribution in [2.24, 2.45) is 5.92 Å². The van der Waals surface area contributed by atoms with Gasteiger partial charge in [-0.1, -0.05) is 12.8 Å². The summed E-state index contributed by atoms with van der Waals surface area (Å²) in [6.45, 7) is 1.35. The van der Waals surface area contributed by atoms with Crippen molar-refractivity contribution in [2.75, 3.05) is 12.3 Å². The van der Waals surface area contributed by atoms with Crippen LogP contribution in [0.3, 0.4) is 0 Å². The number of ether oxygens (including phenoxy) is 1. The number of hydrogen-bond donors (Lipinski definition) is 4. The number of hydrogen-bond acceptors (Lipinski definition) is 8. The minimum absolute atomic E-state index is 0.117. The average molecular weight is 319 g/mol. The Hall–Kier alpha value is -2.41. The van der Waals surface area contributed by atoms with Crippen LogP contribution in [-0.2, 0) is 4.74 Å². The van der Waals surface area contributed by atoms with Gasteiger partial charge in [-0.05, 0) is 6.42 Å². The van der Waals surface area contributed by atoms with Crippen LogP contribution in [-0.4, -0.2) is 53.2 Å². The highest BCUT2D eigenvalue weighted by molar-refractivity contribution is 5.77. The first-order valence-electron chi connectivity index (χ1n) is 7.11. The number of aliphatic hydroxyl groups is 2. The van der Waals surface area contributed by atoms with E-state index in [0.717, 1.165) is 0 Å². The molecule has 3 rings (SSSR count). The molecule has 2 aromatic heterocycles. The van der Waals surface area contributed by atoms with Crippen molar-refractivity contribution in [1.82, 2.24) is 19.5 Å². The third kappa shape index (κ3) is 2.11. The first-order valence-corrected chi connectivity index (χ1v) is 7.11. The lowest BCUT2D eigenvalue weighted by atomic mass is 9.89. The molecule has 1 saturated heterocycles. The number of fused-ring (bicyclic) bond motifs is 1. The van der Waals surface area contributed by atoms with Crippen molar-refractivity contribution in [2.45, 2.75) is 31.3 Å². The molecule has 1 fully saturated rings. The van der Waals surface area contributed by atoms with E-state index in [4.69, 9.17) is 16.9 Å². The standard InChI is InChI=1S/C14H17N5O4/c1-3-7-9(21)14(4-2,5-20)23-12(7)19-6-16-8-10(19)17-13(15)18-11(8)22/h2,6-7,9,12,20-21H,3,5H2,1H3,(H3,15,17,18,22)/t7-,9+,12-,14-/m1/s1. The van der Waals surface area contributed by atoms with Gasteiger partial charge in [0.25, 0.3) is 0 Å². The molecule has 0 radical (unpaired) electrons. The van der Waals surface area contributed by atoms with Crippen molar-refractivity contribution >= 4 is 17.1 Å². The fraction of sp³-hybridized carbons (Fsp3) is 0.500. The summed E-state index contributed by atoms with van der Waals surface area (Å²) in [6.07, 6.45) is 5.64. The summed E-state index contributed by atoms with van der Waals surface area (Å²) < 4.78 is 7.33. The van der Waals surface area contributed by atoms with E-state index < -0.39 is 30.5 Å². The molecule has 3 heterocycles. The Balaban J connectivity index is 2.13. The molecule has 0 aromatic carbocycles. The van der Waals surface area contributed by atoms with E-state index in [9.17, 15) is 15.3 Å². The number of aromatic hydroxyl groups is 1. The van der Waals surface area contributed by atoms with E-state index in [-0.39, 0.29) is 23.0 Å². The van der Waals surface area contributed by atoms with Gasteiger partial charge in [0.05, 0.1) is 12.9 Å². The first-order chi connectivity index (χ1) is 11.0. The number of nitrogen functional groups attached to an aromatic ring is 1. The zero-order valence-corrected chi connectivity index (χ0v) is 12.4. The van der Waals surface area contributed by atoms with Crippen molar-refractivity contribution in [3.63, 3.8) is 0 Å². The van der Waals surface area contributed by atoms with Gasteiger partial charge in [0, 0.05) is 5.92 Å². The van der Waals surface area contributed by atoms with Crippen LogP contribution in [0.25, 0.3) is 11.2 Å². The highest BCUT2D eigenvalue weighted by Gasteiger charge is 2.53. The number of anilines is 1. The molecular formula is C14H17N5O4. The van der Waals surface area contributed by atoms with E-state index in [2.05, 4.69) is 20.9 Å². The number of aromatic nitrogens is 4. The van der Waals surface area contributed by atoms with Crippen LogP contribution in [0.4, 0.5) is 5.95 Å². The molecule has 1 aliphatic rings. The van der Waals surface area contributed by atoms with Crippen LogP contribution in [0.1, 0.15) is 19.6 Å². The van der Waals surface area contributed by atoms with Crippen LogP contribution in [0, 0.1) is 18.3 Å². The molecule has 122 valence electrons. The fourth-order valence-electron chi connectivity index (χ4n) is 2.96. The highest BCUT2D eigenvalue weighted by atomic mass is 16.6. The lowest BCUT2D eigenvalue weighted by Crippen LogP contribution is -2.43. The summed E-state index contributed by atoms with van der Waals surface area (Å²) >= 11 is 0. The Bertz CT molecular complexity index is 785. The molecule has 0 spiro atoms. The van der Waals surface area contributed by atoms with Crippen molar-refractivity contribution < 1.29 is 20.1 Å². The maximum Gasteiger partial charge on any atom is 0.244 e. The van der Waals surface area contributed by atoms with Gasteiger partial charge < -0.3 is 25.8 Å². The van der Waals surface area contributed by atoms with Gasteiger partial charge in [0.2, 0.25) is 11.8 Å². The van der Waals surface area contributed by atoms with Crippen LogP contribution < -0.4 is 5.73 Å². The SMILES string of the molecule is C#C[C@]1(CO)O[C@@H](n2cnc3c(O)nc(N)nc32)[C@H](CC)[C@@H]1O. The second-order valence-electron chi connectivity index (χ2n) is 5.45. The summed E-state index contributed by atoms with van der Waals surface area (Å²) in [5.41, 5.74) is 4.49. The second kappa shape index (κ2) is 5.34. The monoisotopic (exact) mass is 319 g/mol. The third-order valence-electron chi connectivity index (χ3n) is 4.23. The summed E-state index contributed by atoms with van der Waals surface area (Å²) in [6, 6.07) is 0. The third-order valence-corrected chi connectivity index (χ3v) is 4.23. The molecular weight excluding hydrogens is 302 g/mol. The molecule has 0 bridgehead atoms. The van der Waals surface area contributed by atoms with E-state index >= 15 is 0 Å². The maximum atomic E-state index is 10.5. The second-order valence-corrected chi connectivity index (χ2v) is 5.45. The maximum absolute atomic E-state index is 10.5. The number of aliphatic hydroxyl groups excluding tert-OH is 2. The smallest absolute Gasteiger partial charge is 0.244 e. The number of nitrogens with zero attached hydrogens (tertiary/aromatic N) is 4. The van der Waals surface area contributed by atoms with Crippen LogP contribution in [0.2, 0.25) is 0 Å². The largest absolute Gasteiger partial charge is 0.492 e. The van der Waals surface area contributed by atoms with Gasteiger partial charge >= 0.3 is 0 Å². The molecule has 9 heteroatoms. The topological polar surface area (TPSA) is 140 Å². The average Bonchev–Trinajstić information content (AvgIpc) is 3.06. The Morgan fingerprint density at radius 2 is 2.26 bits per heavy atom. The van der Waals surface area contributed by atoms with Gasteiger partial charge in [-0.25, -0.2) is 4.98 Å². The number of nitrogens with two attached hydrogens (primary N) is 1. The van der Waals surface area contributed by atoms with Crippen LogP contribution in [0.5, 0.6) is 5.88 Å². The molecule has 2 aromatic rings. The minimum Gasteiger partial charge on any atom is -0.492 e. The van der Waals surface area contributed by atoms with Gasteiger partial charge in [-0.15, -0.1) is 6.42 Å². The van der Waals surface area contributed by atoms with Gasteiger partial charge in [-0.3, -0.25) is 4.57 Å². The minimum atomic E-state index is -1.50. The molecule has 0 aliphatic carbocycles. The molecule has 4 atom stereocenters. The lowest BCUT2D eigenvalue weighted by molar-refractivity contribution is -0.0898. The van der Waals surface area contributed by atoms with Gasteiger partial charge in [0.1, 0.15) is 12.3 Å². The normalized spacial score (nSPS) is 30.6. The Labute approximate surface area is 131 Å². The Morgan fingerprint density at radius 1 is 1.52 bits per heavy atom. The molecule has 9 nitrogen and oxygen atoms in total. The molecule has 1 aliphatic heterocycles. The molecule has 23 heavy (non-hydrogen) atoms. The number of terminal acetylenes is 1. The van der Waals surface area contributed by atoms with E-state index in [1.807, 2.05) is 6.92 Å². The highest BCUT2D eigenvalue weighted by Crippen LogP contribution is 2.43. The number of imidazole rings is 1. The quantitative estimate of drug-likeness (QED) is 0.550. The fourth-order valence-corrected chi connectivity index (χ4v) is 2.96. The van der Waals surface area contributed by atoms with Gasteiger partial charge in [0.15, 0.2) is 16.8 Å². The Morgan fingerprint density at radius 3 is 2.87 bits per heavy atom. The van der Waals surface area contributed by atoms with Crippen LogP contribution >= 0.6 is 0 Å². The summed E-state index contributed by atoms with van der Waals surface area (Å²) in [5, 5.41) is 29.9. The summed E-state index contributed by atoms with van der Waals surface area (Å²) in [7, 11) is 0. The van der Waals surface area contributed by atoms with Crippen LogP contribution in [0.15, 0.2) is 6.33 Å². The molecule has 0 saturated carbocycles. The Kier molecular flexibility index (Phi) is 3.60. The van der Waals surface area contributed by atoms with Crippen molar-refractivity contribution in [3.05, 3.63) is 6.33 Å². The van der Waals surface area contributed by atoms with Crippen molar-refractivity contribution in [3.8, 4) is 18.2 Å². The zero-order valence-electron chi connectivity index (χ0n) is 12.4. The van der Waals surface area contributed by atoms with E-state index in [1.165, 1.54) is 10.9 Å². The molecule has 5 N–H and O–H groups in total. The lowest BCUT2D eigenvalue weighted by Gasteiger charge is -2.24. The summed E-state index contributed by atoms with van der Waals surface area (Å²) in [4.78, 5) is 11.8. The van der Waals surface area contributed by atoms with Gasteiger partial charge in [-0.2, -0.15) is 9.97 Å². The predicted molar refractivity (Wildman–Crippen MR) is 80.0 cm³/mol. The van der Waals surface area contributed by atoms with E-state index in [1.54, 1.807) is 0 Å². The summed E-state index contributed by atoms with van der Waals surface area (Å²) in [5.74, 6) is 1.49. The van der Waals surface area contributed by atoms with Crippen molar-refractivity contribution in [1.29, 1.82) is 0 Å². The zero-order chi connectivity index (χ0) is 16.8. The molecule has 0 amide bonds. The van der Waals surface area contributed by atoms with E-state index in [0.29, 0.717) is 6.42 Å². The number of rotatable bonds is 3.